The first-order chi connectivity index (χ1) is 13.6. The van der Waals surface area contributed by atoms with Gasteiger partial charge in [0.1, 0.15) is 6.17 Å². The molecule has 0 saturated carbocycles. The summed E-state index contributed by atoms with van der Waals surface area (Å²) in [7, 11) is 0. The third-order valence-electron chi connectivity index (χ3n) is 7.04. The van der Waals surface area contributed by atoms with Crippen molar-refractivity contribution in [1.29, 1.82) is 0 Å². The Morgan fingerprint density at radius 1 is 0.733 bits per heavy atom. The molecule has 174 valence electrons. The predicted octanol–water partition coefficient (Wildman–Crippen LogP) is 0.720. The molecule has 2 saturated heterocycles. The average Bonchev–Trinajstić information content (AvgIpc) is 2.62. The van der Waals surface area contributed by atoms with Gasteiger partial charge in [0.25, 0.3) is 0 Å². The van der Waals surface area contributed by atoms with E-state index in [1.807, 2.05) is 44.4 Å². The van der Waals surface area contributed by atoms with Crippen LogP contribution in [0.5, 0.6) is 0 Å². The second kappa shape index (κ2) is 8.04. The van der Waals surface area contributed by atoms with Crippen LogP contribution in [0.15, 0.2) is 0 Å². The average molecular weight is 427 g/mol. The normalized spacial score (nSPS) is 26.5. The molecule has 2 fully saturated rings. The topological polar surface area (TPSA) is 87.6 Å². The summed E-state index contributed by atoms with van der Waals surface area (Å²) in [6.07, 6.45) is -0.394. The number of aliphatic hydroxyl groups is 2. The van der Waals surface area contributed by atoms with Gasteiger partial charge in [0.2, 0.25) is 11.8 Å². The van der Waals surface area contributed by atoms with Gasteiger partial charge in [-0.1, -0.05) is 0 Å². The van der Waals surface area contributed by atoms with Gasteiger partial charge in [-0.05, 0) is 62.3 Å². The number of rotatable bonds is 6. The van der Waals surface area contributed by atoms with E-state index in [1.165, 1.54) is 0 Å². The minimum Gasteiger partial charge on any atom is -0.395 e. The molecule has 8 heteroatoms. The Morgan fingerprint density at radius 3 is 1.30 bits per heavy atom. The number of hydrogen-bond acceptors (Lipinski definition) is 6. The molecule has 8 nitrogen and oxygen atoms in total. The summed E-state index contributed by atoms with van der Waals surface area (Å²) in [5.41, 5.74) is -2.26. The number of piperazine rings is 2. The number of carbonyl (C=O) groups is 2. The lowest BCUT2D eigenvalue weighted by molar-refractivity contribution is -0.184. The Balaban J connectivity index is 2.39. The molecule has 2 aliphatic rings. The summed E-state index contributed by atoms with van der Waals surface area (Å²) in [6, 6.07) is 0. The lowest BCUT2D eigenvalue weighted by atomic mass is 9.84. The van der Waals surface area contributed by atoms with Crippen molar-refractivity contribution >= 4 is 11.8 Å². The van der Waals surface area contributed by atoms with Crippen LogP contribution in [0, 0.1) is 0 Å². The molecule has 2 heterocycles. The minimum atomic E-state index is -0.786. The summed E-state index contributed by atoms with van der Waals surface area (Å²) >= 11 is 0. The molecule has 30 heavy (non-hydrogen) atoms. The van der Waals surface area contributed by atoms with Crippen molar-refractivity contribution in [3.05, 3.63) is 0 Å². The van der Waals surface area contributed by atoms with Crippen LogP contribution >= 0.6 is 0 Å². The summed E-state index contributed by atoms with van der Waals surface area (Å²) < 4.78 is 0. The molecule has 0 atom stereocenters. The van der Waals surface area contributed by atoms with Crippen LogP contribution in [-0.2, 0) is 9.59 Å². The van der Waals surface area contributed by atoms with E-state index in [0.717, 1.165) is 0 Å². The van der Waals surface area contributed by atoms with E-state index in [-0.39, 0.29) is 36.1 Å². The molecule has 2 N–H and O–H groups in total. The van der Waals surface area contributed by atoms with Gasteiger partial charge >= 0.3 is 0 Å². The first-order valence-corrected chi connectivity index (χ1v) is 10.9. The summed E-state index contributed by atoms with van der Waals surface area (Å²) in [5, 5.41) is 19.0. The Hall–Kier alpha value is -1.22. The van der Waals surface area contributed by atoms with Crippen LogP contribution in [0.3, 0.4) is 0 Å². The highest BCUT2D eigenvalue weighted by Crippen LogP contribution is 2.38. The first kappa shape index (κ1) is 25.0. The zero-order valence-electron chi connectivity index (χ0n) is 20.3. The third-order valence-corrected chi connectivity index (χ3v) is 7.04. The maximum absolute atomic E-state index is 13.5. The molecule has 0 aromatic carbocycles. The number of carbonyl (C=O) groups excluding carboxylic acids is 2. The van der Waals surface area contributed by atoms with Crippen LogP contribution in [-0.4, -0.2) is 109 Å². The Kier molecular flexibility index (Phi) is 6.71. The first-order valence-electron chi connectivity index (χ1n) is 10.9. The molecule has 0 aliphatic carbocycles. The fourth-order valence-electron chi connectivity index (χ4n) is 5.73. The molecule has 0 radical (unpaired) electrons. The van der Waals surface area contributed by atoms with Gasteiger partial charge in [-0.25, -0.2) is 0 Å². The van der Waals surface area contributed by atoms with E-state index in [2.05, 4.69) is 37.5 Å². The number of amides is 2. The highest BCUT2D eigenvalue weighted by molar-refractivity contribution is 5.89. The van der Waals surface area contributed by atoms with E-state index >= 15 is 0 Å². The maximum atomic E-state index is 13.5. The van der Waals surface area contributed by atoms with E-state index in [0.29, 0.717) is 26.2 Å². The maximum Gasteiger partial charge on any atom is 0.244 e. The fourth-order valence-corrected chi connectivity index (χ4v) is 5.73. The second-order valence-corrected chi connectivity index (χ2v) is 11.0. The fraction of sp³-hybridized carbons (Fsp3) is 0.909. The summed E-state index contributed by atoms with van der Waals surface area (Å²) in [5.74, 6) is -0.0760. The zero-order chi connectivity index (χ0) is 23.3. The molecule has 2 amide bonds. The van der Waals surface area contributed by atoms with Crippen molar-refractivity contribution < 1.29 is 19.8 Å². The van der Waals surface area contributed by atoms with Crippen LogP contribution in [0.25, 0.3) is 0 Å². The van der Waals surface area contributed by atoms with Crippen LogP contribution in [0.4, 0.5) is 0 Å². The molecule has 0 unspecified atom stereocenters. The Labute approximate surface area is 181 Å². The van der Waals surface area contributed by atoms with Crippen molar-refractivity contribution in [1.82, 2.24) is 19.6 Å². The van der Waals surface area contributed by atoms with E-state index < -0.39 is 17.2 Å². The lowest BCUT2D eigenvalue weighted by Crippen LogP contribution is -2.77. The van der Waals surface area contributed by atoms with Gasteiger partial charge in [-0.3, -0.25) is 19.4 Å². The van der Waals surface area contributed by atoms with Crippen molar-refractivity contribution in [3.8, 4) is 0 Å². The van der Waals surface area contributed by atoms with Gasteiger partial charge in [0.05, 0.1) is 24.3 Å². The van der Waals surface area contributed by atoms with Gasteiger partial charge in [-0.15, -0.1) is 0 Å². The smallest absolute Gasteiger partial charge is 0.244 e. The number of β-amino-alcohol motifs (C(OH)–C–C–N with tert-alkyl or cyclic N) is 2. The quantitative estimate of drug-likeness (QED) is 0.651. The van der Waals surface area contributed by atoms with Crippen molar-refractivity contribution in [2.75, 3.05) is 39.4 Å². The highest BCUT2D eigenvalue weighted by Gasteiger charge is 2.55. The highest BCUT2D eigenvalue weighted by atomic mass is 16.3. The van der Waals surface area contributed by atoms with Crippen molar-refractivity contribution in [3.63, 3.8) is 0 Å². The minimum absolute atomic E-state index is 0.0105. The lowest BCUT2D eigenvalue weighted by Gasteiger charge is -2.60. The summed E-state index contributed by atoms with van der Waals surface area (Å²) in [4.78, 5) is 34.8. The predicted molar refractivity (Wildman–Crippen MR) is 117 cm³/mol. The number of nitrogens with zero attached hydrogens (tertiary/aromatic N) is 4. The molecule has 0 spiro atoms. The van der Waals surface area contributed by atoms with Crippen LogP contribution in [0.1, 0.15) is 62.3 Å². The molecule has 2 rings (SSSR count). The van der Waals surface area contributed by atoms with Gasteiger partial charge < -0.3 is 20.0 Å². The SMILES string of the molecule is CC(N1CC(C)(C)N(CCO)C(C)(C)C1=O)N1CC(C)(C)N(CCO)C(C)(C)C1=O. The number of hydrogen-bond donors (Lipinski definition) is 2. The van der Waals surface area contributed by atoms with Crippen molar-refractivity contribution in [2.24, 2.45) is 0 Å². The monoisotopic (exact) mass is 426 g/mol. The molecule has 0 bridgehead atoms. The largest absolute Gasteiger partial charge is 0.395 e. The molecule has 0 aromatic heterocycles. The van der Waals surface area contributed by atoms with Gasteiger partial charge in [0, 0.05) is 37.3 Å². The van der Waals surface area contributed by atoms with Crippen LogP contribution in [0.2, 0.25) is 0 Å². The summed E-state index contributed by atoms with van der Waals surface area (Å²) in [6.45, 7) is 19.6. The van der Waals surface area contributed by atoms with Crippen LogP contribution < -0.4 is 0 Å². The van der Waals surface area contributed by atoms with Gasteiger partial charge in [-0.2, -0.15) is 0 Å². The van der Waals surface area contributed by atoms with E-state index in [4.69, 9.17) is 0 Å². The van der Waals surface area contributed by atoms with E-state index in [9.17, 15) is 19.8 Å². The van der Waals surface area contributed by atoms with E-state index in [1.54, 1.807) is 0 Å². The third kappa shape index (κ3) is 3.99. The van der Waals surface area contributed by atoms with Gasteiger partial charge in [0.15, 0.2) is 0 Å². The zero-order valence-corrected chi connectivity index (χ0v) is 20.3. The Morgan fingerprint density at radius 2 is 1.03 bits per heavy atom. The number of aliphatic hydroxyl groups excluding tert-OH is 2. The standard InChI is InChI=1S/C22H42N4O4/c1-16(23-14-19(2,3)25(10-12-27)21(6,7)17(23)29)24-15-20(4,5)26(11-13-28)22(8,9)18(24)30/h16,27-28H,10-15H2,1-9H3. The molecular formula is C22H42N4O4. The molecule has 2 aliphatic heterocycles. The Bertz CT molecular complexity index is 618. The molecular weight excluding hydrogens is 384 g/mol. The molecule has 0 aromatic rings. The van der Waals surface area contributed by atoms with Crippen molar-refractivity contribution in [2.45, 2.75) is 90.6 Å². The second-order valence-electron chi connectivity index (χ2n) is 11.0.